The highest BCUT2D eigenvalue weighted by Gasteiger charge is 2.29. The van der Waals surface area contributed by atoms with Crippen LogP contribution in [0.2, 0.25) is 0 Å². The fraction of sp³-hybridized carbons (Fsp3) is 0.500. The van der Waals surface area contributed by atoms with Crippen LogP contribution in [0.15, 0.2) is 11.1 Å². The predicted octanol–water partition coefficient (Wildman–Crippen LogP) is 1.41. The van der Waals surface area contributed by atoms with E-state index in [-0.39, 0.29) is 6.54 Å². The van der Waals surface area contributed by atoms with Crippen molar-refractivity contribution in [2.45, 2.75) is 30.7 Å². The highest BCUT2D eigenvalue weighted by molar-refractivity contribution is 8.13. The first-order chi connectivity index (χ1) is 8.36. The smallest absolute Gasteiger partial charge is 0.358 e. The standard InChI is InChI=1S/C8H9ClN4O4S/c9-18(16,17)7-6-12(5-3-1-2-4-10)11-8(7)13(14)15/h6H,1-3,5H2. The summed E-state index contributed by atoms with van der Waals surface area (Å²) in [5, 5.41) is 22.5. The number of nitriles is 1. The van der Waals surface area contributed by atoms with Crippen LogP contribution in [-0.4, -0.2) is 23.1 Å². The molecule has 0 amide bonds. The van der Waals surface area contributed by atoms with E-state index in [9.17, 15) is 18.5 Å². The maximum absolute atomic E-state index is 11.1. The topological polar surface area (TPSA) is 119 Å². The molecule has 1 heterocycles. The minimum absolute atomic E-state index is 0.287. The van der Waals surface area contributed by atoms with Crippen LogP contribution < -0.4 is 0 Å². The van der Waals surface area contributed by atoms with Gasteiger partial charge < -0.3 is 10.1 Å². The van der Waals surface area contributed by atoms with Gasteiger partial charge >= 0.3 is 5.82 Å². The zero-order valence-corrected chi connectivity index (χ0v) is 10.7. The zero-order chi connectivity index (χ0) is 13.8. The lowest BCUT2D eigenvalue weighted by Crippen LogP contribution is -1.99. The van der Waals surface area contributed by atoms with Crippen molar-refractivity contribution in [3.63, 3.8) is 0 Å². The second kappa shape index (κ2) is 5.79. The fourth-order valence-corrected chi connectivity index (χ4v) is 2.19. The van der Waals surface area contributed by atoms with E-state index >= 15 is 0 Å². The van der Waals surface area contributed by atoms with Crippen LogP contribution >= 0.6 is 10.7 Å². The molecule has 0 aliphatic carbocycles. The second-order valence-electron chi connectivity index (χ2n) is 3.39. The number of aromatic nitrogens is 2. The van der Waals surface area contributed by atoms with E-state index in [1.807, 2.05) is 6.07 Å². The van der Waals surface area contributed by atoms with E-state index in [4.69, 9.17) is 15.9 Å². The zero-order valence-electron chi connectivity index (χ0n) is 9.11. The fourth-order valence-electron chi connectivity index (χ4n) is 1.28. The van der Waals surface area contributed by atoms with E-state index in [0.29, 0.717) is 19.3 Å². The van der Waals surface area contributed by atoms with Gasteiger partial charge in [-0.15, -0.1) is 0 Å². The number of halogens is 1. The summed E-state index contributed by atoms with van der Waals surface area (Å²) in [5.74, 6) is -0.787. The molecule has 0 unspecified atom stereocenters. The molecule has 0 aliphatic heterocycles. The third-order valence-corrected chi connectivity index (χ3v) is 3.38. The van der Waals surface area contributed by atoms with Crippen LogP contribution in [-0.2, 0) is 15.6 Å². The Hall–Kier alpha value is -1.66. The quantitative estimate of drug-likeness (QED) is 0.338. The summed E-state index contributed by atoms with van der Waals surface area (Å²) < 4.78 is 23.4. The van der Waals surface area contributed by atoms with Gasteiger partial charge in [-0.25, -0.2) is 8.42 Å². The number of hydrogen-bond acceptors (Lipinski definition) is 6. The Labute approximate surface area is 107 Å². The SMILES string of the molecule is N#CCCCCn1cc(S(=O)(=O)Cl)c([N+](=O)[O-])n1. The summed E-state index contributed by atoms with van der Waals surface area (Å²) >= 11 is 0. The van der Waals surface area contributed by atoms with Crippen molar-refractivity contribution in [2.75, 3.05) is 0 Å². The summed E-state index contributed by atoms with van der Waals surface area (Å²) in [7, 11) is 0.878. The summed E-state index contributed by atoms with van der Waals surface area (Å²) in [6, 6.07) is 1.96. The van der Waals surface area contributed by atoms with Gasteiger partial charge in [0.15, 0.2) is 0 Å². The van der Waals surface area contributed by atoms with Crippen molar-refractivity contribution >= 4 is 25.6 Å². The minimum Gasteiger partial charge on any atom is -0.358 e. The molecule has 0 N–H and O–H groups in total. The van der Waals surface area contributed by atoms with Crippen molar-refractivity contribution in [1.82, 2.24) is 9.78 Å². The molecule has 10 heteroatoms. The van der Waals surface area contributed by atoms with Gasteiger partial charge in [0, 0.05) is 17.1 Å². The normalized spacial score (nSPS) is 11.1. The van der Waals surface area contributed by atoms with E-state index in [2.05, 4.69) is 5.10 Å². The lowest BCUT2D eigenvalue weighted by Gasteiger charge is -1.93. The van der Waals surface area contributed by atoms with Gasteiger partial charge in [0.2, 0.25) is 4.90 Å². The Morgan fingerprint density at radius 1 is 1.56 bits per heavy atom. The molecular weight excluding hydrogens is 284 g/mol. The van der Waals surface area contributed by atoms with Gasteiger partial charge in [0.05, 0.1) is 23.9 Å². The molecule has 1 rings (SSSR count). The Balaban J connectivity index is 2.91. The number of hydrogen-bond donors (Lipinski definition) is 0. The first kappa shape index (κ1) is 14.4. The predicted molar refractivity (Wildman–Crippen MR) is 61.4 cm³/mol. The van der Waals surface area contributed by atoms with Gasteiger partial charge in [0.25, 0.3) is 9.05 Å². The molecule has 0 aromatic carbocycles. The van der Waals surface area contributed by atoms with Crippen LogP contribution in [0.4, 0.5) is 5.82 Å². The molecule has 1 aromatic heterocycles. The van der Waals surface area contributed by atoms with Gasteiger partial charge in [0.1, 0.15) is 0 Å². The Morgan fingerprint density at radius 3 is 2.67 bits per heavy atom. The minimum atomic E-state index is -4.20. The number of unbranched alkanes of at least 4 members (excludes halogenated alkanes) is 2. The molecule has 0 atom stereocenters. The maximum atomic E-state index is 11.1. The van der Waals surface area contributed by atoms with Gasteiger partial charge in [-0.05, 0) is 17.8 Å². The molecule has 0 bridgehead atoms. The van der Waals surface area contributed by atoms with Crippen LogP contribution in [0.1, 0.15) is 19.3 Å². The first-order valence-electron chi connectivity index (χ1n) is 4.89. The van der Waals surface area contributed by atoms with Crippen LogP contribution in [0, 0.1) is 21.4 Å². The van der Waals surface area contributed by atoms with Crippen LogP contribution in [0.5, 0.6) is 0 Å². The highest BCUT2D eigenvalue weighted by Crippen LogP contribution is 2.25. The molecule has 98 valence electrons. The molecule has 0 saturated heterocycles. The van der Waals surface area contributed by atoms with E-state index in [1.54, 1.807) is 0 Å². The first-order valence-corrected chi connectivity index (χ1v) is 7.20. The van der Waals surface area contributed by atoms with E-state index < -0.39 is 24.7 Å². The molecule has 0 fully saturated rings. The Kier molecular flexibility index (Phi) is 4.63. The molecule has 0 saturated carbocycles. The Bertz CT molecular complexity index is 589. The number of rotatable bonds is 6. The second-order valence-corrected chi connectivity index (χ2v) is 5.92. The van der Waals surface area contributed by atoms with Crippen molar-refractivity contribution in [2.24, 2.45) is 0 Å². The van der Waals surface area contributed by atoms with Gasteiger partial charge in [-0.3, -0.25) is 0 Å². The average Bonchev–Trinajstić information content (AvgIpc) is 2.68. The van der Waals surface area contributed by atoms with Gasteiger partial charge in [-0.2, -0.15) is 9.94 Å². The molecule has 0 aliphatic rings. The molecular formula is C8H9ClN4O4S. The molecule has 0 spiro atoms. The molecule has 0 radical (unpaired) electrons. The third kappa shape index (κ3) is 3.68. The van der Waals surface area contributed by atoms with Crippen molar-refractivity contribution in [3.05, 3.63) is 16.3 Å². The van der Waals surface area contributed by atoms with Crippen molar-refractivity contribution in [1.29, 1.82) is 5.26 Å². The molecule has 8 nitrogen and oxygen atoms in total. The van der Waals surface area contributed by atoms with Crippen molar-refractivity contribution < 1.29 is 13.3 Å². The lowest BCUT2D eigenvalue weighted by atomic mass is 10.2. The number of nitrogens with zero attached hydrogens (tertiary/aromatic N) is 4. The third-order valence-electron chi connectivity index (χ3n) is 2.07. The largest absolute Gasteiger partial charge is 0.410 e. The summed E-state index contributed by atoms with van der Waals surface area (Å²) in [5.41, 5.74) is 0. The summed E-state index contributed by atoms with van der Waals surface area (Å²) in [4.78, 5) is 9.10. The number of aryl methyl sites for hydroxylation is 1. The van der Waals surface area contributed by atoms with Crippen molar-refractivity contribution in [3.8, 4) is 6.07 Å². The molecule has 18 heavy (non-hydrogen) atoms. The van der Waals surface area contributed by atoms with E-state index in [1.165, 1.54) is 0 Å². The lowest BCUT2D eigenvalue weighted by molar-refractivity contribution is -0.392. The van der Waals surface area contributed by atoms with Gasteiger partial charge in [-0.1, -0.05) is 0 Å². The molecule has 1 aromatic rings. The average molecular weight is 293 g/mol. The Morgan fingerprint density at radius 2 is 2.22 bits per heavy atom. The summed E-state index contributed by atoms with van der Waals surface area (Å²) in [6.07, 6.45) is 2.55. The maximum Gasteiger partial charge on any atom is 0.410 e. The highest BCUT2D eigenvalue weighted by atomic mass is 35.7. The monoisotopic (exact) mass is 292 g/mol. The number of nitro groups is 1. The van der Waals surface area contributed by atoms with E-state index in [0.717, 1.165) is 10.9 Å². The summed E-state index contributed by atoms with van der Waals surface area (Å²) in [6.45, 7) is 0.287. The van der Waals surface area contributed by atoms with Crippen LogP contribution in [0.25, 0.3) is 0 Å². The van der Waals surface area contributed by atoms with Crippen LogP contribution in [0.3, 0.4) is 0 Å².